The molecule has 0 radical (unpaired) electrons. The van der Waals surface area contributed by atoms with Crippen LogP contribution in [0.2, 0.25) is 0 Å². The van der Waals surface area contributed by atoms with Crippen LogP contribution in [0.15, 0.2) is 0 Å². The van der Waals surface area contributed by atoms with Gasteiger partial charge in [0, 0.05) is 19.1 Å². The van der Waals surface area contributed by atoms with Crippen molar-refractivity contribution >= 4 is 11.9 Å². The van der Waals surface area contributed by atoms with Gasteiger partial charge >= 0.3 is 6.03 Å². The van der Waals surface area contributed by atoms with Crippen molar-refractivity contribution in [3.05, 3.63) is 0 Å². The molecule has 0 aromatic heterocycles. The van der Waals surface area contributed by atoms with Gasteiger partial charge in [-0.1, -0.05) is 0 Å². The van der Waals surface area contributed by atoms with Crippen molar-refractivity contribution in [3.8, 4) is 0 Å². The van der Waals surface area contributed by atoms with Gasteiger partial charge in [-0.25, -0.2) is 4.79 Å². The lowest BCUT2D eigenvalue weighted by Gasteiger charge is -2.26. The molecule has 3 amide bonds. The van der Waals surface area contributed by atoms with Crippen molar-refractivity contribution in [3.63, 3.8) is 0 Å². The van der Waals surface area contributed by atoms with Gasteiger partial charge in [0.15, 0.2) is 0 Å². The SMILES string of the molecule is CC1(C)C(=O)N(CC(CO)CC2CO2)C(=O)N1CC1CO1. The van der Waals surface area contributed by atoms with Crippen molar-refractivity contribution < 1.29 is 24.2 Å². The van der Waals surface area contributed by atoms with Gasteiger partial charge < -0.3 is 19.5 Å². The molecule has 3 aliphatic heterocycles. The number of urea groups is 1. The fraction of sp³-hybridized carbons (Fsp3) is 0.857. The Morgan fingerprint density at radius 2 is 1.90 bits per heavy atom. The van der Waals surface area contributed by atoms with Crippen LogP contribution in [0.5, 0.6) is 0 Å². The third-order valence-corrected chi connectivity index (χ3v) is 4.39. The van der Waals surface area contributed by atoms with E-state index in [-0.39, 0.29) is 43.2 Å². The smallest absolute Gasteiger partial charge is 0.327 e. The Bertz CT molecular complexity index is 445. The first-order valence-corrected chi connectivity index (χ1v) is 7.41. The Hall–Kier alpha value is -1.18. The number of epoxide rings is 2. The second-order valence-corrected chi connectivity index (χ2v) is 6.56. The molecule has 3 atom stereocenters. The van der Waals surface area contributed by atoms with Crippen LogP contribution in [0.4, 0.5) is 4.79 Å². The Morgan fingerprint density at radius 3 is 2.43 bits per heavy atom. The molecular weight excluding hydrogens is 276 g/mol. The zero-order chi connectivity index (χ0) is 15.2. The van der Waals surface area contributed by atoms with Crippen LogP contribution in [0, 0.1) is 5.92 Å². The highest BCUT2D eigenvalue weighted by molar-refractivity contribution is 6.06. The number of aliphatic hydroxyl groups excluding tert-OH is 1. The molecule has 0 bridgehead atoms. The fourth-order valence-electron chi connectivity index (χ4n) is 2.80. The van der Waals surface area contributed by atoms with Crippen molar-refractivity contribution in [2.45, 2.75) is 38.0 Å². The number of aliphatic hydroxyl groups is 1. The van der Waals surface area contributed by atoms with Crippen LogP contribution in [0.1, 0.15) is 20.3 Å². The normalized spacial score (nSPS) is 31.8. The maximum Gasteiger partial charge on any atom is 0.327 e. The van der Waals surface area contributed by atoms with Gasteiger partial charge in [-0.3, -0.25) is 9.69 Å². The lowest BCUT2D eigenvalue weighted by atomic mass is 10.0. The van der Waals surface area contributed by atoms with Crippen LogP contribution in [0.25, 0.3) is 0 Å². The van der Waals surface area contributed by atoms with E-state index in [1.54, 1.807) is 18.7 Å². The van der Waals surface area contributed by atoms with E-state index in [0.717, 1.165) is 0 Å². The molecule has 3 aliphatic rings. The molecule has 118 valence electrons. The monoisotopic (exact) mass is 298 g/mol. The average molecular weight is 298 g/mol. The lowest BCUT2D eigenvalue weighted by Crippen LogP contribution is -2.45. The molecule has 21 heavy (non-hydrogen) atoms. The minimum atomic E-state index is -0.848. The number of carbonyl (C=O) groups excluding carboxylic acids is 2. The Balaban J connectivity index is 1.68. The van der Waals surface area contributed by atoms with Gasteiger partial charge in [0.1, 0.15) is 5.54 Å². The largest absolute Gasteiger partial charge is 0.396 e. The van der Waals surface area contributed by atoms with Crippen LogP contribution >= 0.6 is 0 Å². The summed E-state index contributed by atoms with van der Waals surface area (Å²) in [4.78, 5) is 27.9. The summed E-state index contributed by atoms with van der Waals surface area (Å²) in [5, 5.41) is 9.45. The summed E-state index contributed by atoms with van der Waals surface area (Å²) in [6.07, 6.45) is 0.896. The molecule has 1 N–H and O–H groups in total. The van der Waals surface area contributed by atoms with E-state index in [0.29, 0.717) is 26.2 Å². The second kappa shape index (κ2) is 5.23. The second-order valence-electron chi connectivity index (χ2n) is 6.56. The summed E-state index contributed by atoms with van der Waals surface area (Å²) in [6.45, 7) is 5.51. The van der Waals surface area contributed by atoms with E-state index in [1.807, 2.05) is 0 Å². The number of carbonyl (C=O) groups is 2. The zero-order valence-corrected chi connectivity index (χ0v) is 12.4. The van der Waals surface area contributed by atoms with Crippen LogP contribution in [-0.4, -0.2) is 77.5 Å². The van der Waals surface area contributed by atoms with Gasteiger partial charge in [0.25, 0.3) is 5.91 Å². The predicted molar refractivity (Wildman–Crippen MR) is 72.6 cm³/mol. The van der Waals surface area contributed by atoms with Crippen molar-refractivity contribution in [1.82, 2.24) is 9.80 Å². The van der Waals surface area contributed by atoms with Crippen molar-refractivity contribution in [1.29, 1.82) is 0 Å². The quantitative estimate of drug-likeness (QED) is 0.521. The minimum absolute atomic E-state index is 0.0504. The highest BCUT2D eigenvalue weighted by Gasteiger charge is 2.52. The molecule has 3 unspecified atom stereocenters. The summed E-state index contributed by atoms with van der Waals surface area (Å²) in [5.41, 5.74) is -0.848. The van der Waals surface area contributed by atoms with E-state index >= 15 is 0 Å². The number of amides is 3. The summed E-state index contributed by atoms with van der Waals surface area (Å²) in [6, 6.07) is -0.282. The van der Waals surface area contributed by atoms with E-state index in [9.17, 15) is 14.7 Å². The van der Waals surface area contributed by atoms with Crippen LogP contribution in [0.3, 0.4) is 0 Å². The molecule has 3 rings (SSSR count). The summed E-state index contributed by atoms with van der Waals surface area (Å²) < 4.78 is 10.3. The topological polar surface area (TPSA) is 85.9 Å². The first-order valence-electron chi connectivity index (χ1n) is 7.41. The summed E-state index contributed by atoms with van der Waals surface area (Å²) in [5.74, 6) is -0.332. The number of hydrogen-bond donors (Lipinski definition) is 1. The highest BCUT2D eigenvalue weighted by Crippen LogP contribution is 2.31. The average Bonchev–Trinajstić information content (AvgIpc) is 3.33. The Labute approximate surface area is 123 Å². The van der Waals surface area contributed by atoms with Crippen molar-refractivity contribution in [2.75, 3.05) is 32.9 Å². The summed E-state index contributed by atoms with van der Waals surface area (Å²) >= 11 is 0. The van der Waals surface area contributed by atoms with Gasteiger partial charge in [-0.05, 0) is 20.3 Å². The van der Waals surface area contributed by atoms with E-state index in [1.165, 1.54) is 4.90 Å². The third kappa shape index (κ3) is 2.90. The summed E-state index contributed by atoms with van der Waals surface area (Å²) in [7, 11) is 0. The maximum atomic E-state index is 12.5. The Morgan fingerprint density at radius 1 is 1.29 bits per heavy atom. The molecule has 0 spiro atoms. The zero-order valence-electron chi connectivity index (χ0n) is 12.4. The molecule has 3 fully saturated rings. The maximum absolute atomic E-state index is 12.5. The molecule has 0 aliphatic carbocycles. The molecule has 0 aromatic carbocycles. The third-order valence-electron chi connectivity index (χ3n) is 4.39. The minimum Gasteiger partial charge on any atom is -0.396 e. The first-order chi connectivity index (χ1) is 9.93. The molecule has 3 heterocycles. The van der Waals surface area contributed by atoms with E-state index < -0.39 is 5.54 Å². The molecule has 7 heteroatoms. The number of rotatable bonds is 7. The van der Waals surface area contributed by atoms with Gasteiger partial charge in [-0.15, -0.1) is 0 Å². The van der Waals surface area contributed by atoms with E-state index in [2.05, 4.69) is 0 Å². The predicted octanol–water partition coefficient (Wildman–Crippen LogP) is -0.175. The van der Waals surface area contributed by atoms with Gasteiger partial charge in [0.05, 0.1) is 32.0 Å². The number of ether oxygens (including phenoxy) is 2. The van der Waals surface area contributed by atoms with Gasteiger partial charge in [0.2, 0.25) is 0 Å². The molecule has 7 nitrogen and oxygen atoms in total. The molecule has 3 saturated heterocycles. The molecule has 0 saturated carbocycles. The van der Waals surface area contributed by atoms with Crippen molar-refractivity contribution in [2.24, 2.45) is 5.92 Å². The van der Waals surface area contributed by atoms with E-state index in [4.69, 9.17) is 9.47 Å². The lowest BCUT2D eigenvalue weighted by molar-refractivity contribution is -0.132. The standard InChI is InChI=1S/C14H22N2O5/c1-14(2)12(18)15(4-9(6-17)3-10-7-20-10)13(19)16(14)5-11-8-21-11/h9-11,17H,3-8H2,1-2H3. The van der Waals surface area contributed by atoms with Crippen LogP contribution < -0.4 is 0 Å². The number of imide groups is 1. The highest BCUT2D eigenvalue weighted by atomic mass is 16.6. The molecule has 0 aromatic rings. The Kier molecular flexibility index (Phi) is 3.67. The fourth-order valence-corrected chi connectivity index (χ4v) is 2.80. The number of hydrogen-bond acceptors (Lipinski definition) is 5. The number of nitrogens with zero attached hydrogens (tertiary/aromatic N) is 2. The van der Waals surface area contributed by atoms with Gasteiger partial charge in [-0.2, -0.15) is 0 Å². The van der Waals surface area contributed by atoms with Crippen LogP contribution in [-0.2, 0) is 14.3 Å². The molecular formula is C14H22N2O5. The first kappa shape index (κ1) is 14.7.